The van der Waals surface area contributed by atoms with Gasteiger partial charge in [0.2, 0.25) is 11.7 Å². The summed E-state index contributed by atoms with van der Waals surface area (Å²) in [4.78, 5) is 23.0. The van der Waals surface area contributed by atoms with Crippen LogP contribution in [-0.2, 0) is 0 Å². The van der Waals surface area contributed by atoms with Crippen LogP contribution in [0.4, 0.5) is 0 Å². The largest absolute Gasteiger partial charge is 0.494 e. The number of ether oxygens (including phenoxy) is 1. The molecule has 7 heteroatoms. The van der Waals surface area contributed by atoms with Crippen LogP contribution in [0.1, 0.15) is 41.9 Å². The lowest BCUT2D eigenvalue weighted by atomic mass is 9.98. The highest BCUT2D eigenvalue weighted by molar-refractivity contribution is 5.95. The number of pyridine rings is 1. The molecule has 3 heterocycles. The van der Waals surface area contributed by atoms with E-state index in [1.165, 1.54) is 0 Å². The number of carbonyl (C=O) groups is 1. The number of rotatable bonds is 7. The smallest absolute Gasteiger partial charge is 0.253 e. The number of benzene rings is 1. The standard InChI is InChI=1S/C21H22N4O3/c1-2-3-12-27-17-9-7-15(8-10-17)21(26)25-13-16(14-25)20-23-19(24-28-20)18-6-4-5-11-22-18/h4-11,16H,2-3,12-14H2,1H3. The van der Waals surface area contributed by atoms with E-state index in [-0.39, 0.29) is 11.8 Å². The van der Waals surface area contributed by atoms with Crippen molar-refractivity contribution in [2.24, 2.45) is 0 Å². The first-order valence-corrected chi connectivity index (χ1v) is 9.51. The van der Waals surface area contributed by atoms with Crippen LogP contribution < -0.4 is 4.74 Å². The third kappa shape index (κ3) is 3.88. The Kier molecular flexibility index (Phi) is 5.32. The quantitative estimate of drug-likeness (QED) is 0.585. The number of unbranched alkanes of at least 4 members (excludes halogenated alkanes) is 1. The summed E-state index contributed by atoms with van der Waals surface area (Å²) in [6, 6.07) is 12.9. The summed E-state index contributed by atoms with van der Waals surface area (Å²) >= 11 is 0. The molecule has 0 N–H and O–H groups in total. The summed E-state index contributed by atoms with van der Waals surface area (Å²) in [5.74, 6) is 1.87. The Morgan fingerprint density at radius 1 is 1.21 bits per heavy atom. The predicted molar refractivity (Wildman–Crippen MR) is 103 cm³/mol. The third-order valence-electron chi connectivity index (χ3n) is 4.72. The molecule has 1 fully saturated rings. The molecule has 1 saturated heterocycles. The van der Waals surface area contributed by atoms with Gasteiger partial charge in [0.15, 0.2) is 0 Å². The fourth-order valence-electron chi connectivity index (χ4n) is 3.01. The van der Waals surface area contributed by atoms with Crippen molar-refractivity contribution in [3.05, 3.63) is 60.1 Å². The van der Waals surface area contributed by atoms with Crippen molar-refractivity contribution in [1.82, 2.24) is 20.0 Å². The fourth-order valence-corrected chi connectivity index (χ4v) is 3.01. The molecule has 0 unspecified atom stereocenters. The molecule has 1 amide bonds. The van der Waals surface area contributed by atoms with Gasteiger partial charge in [-0.2, -0.15) is 4.98 Å². The zero-order chi connectivity index (χ0) is 19.3. The molecule has 0 radical (unpaired) electrons. The molecule has 4 rings (SSSR count). The Balaban J connectivity index is 1.32. The van der Waals surface area contributed by atoms with E-state index in [2.05, 4.69) is 22.0 Å². The van der Waals surface area contributed by atoms with E-state index in [1.54, 1.807) is 11.1 Å². The van der Waals surface area contributed by atoms with Gasteiger partial charge in [-0.15, -0.1) is 0 Å². The van der Waals surface area contributed by atoms with Crippen LogP contribution in [-0.4, -0.2) is 45.6 Å². The Morgan fingerprint density at radius 2 is 2.04 bits per heavy atom. The van der Waals surface area contributed by atoms with Gasteiger partial charge in [-0.1, -0.05) is 24.6 Å². The molecule has 1 aliphatic rings. The second kappa shape index (κ2) is 8.21. The topological polar surface area (TPSA) is 81.4 Å². The van der Waals surface area contributed by atoms with Gasteiger partial charge in [0, 0.05) is 24.8 Å². The zero-order valence-electron chi connectivity index (χ0n) is 15.7. The van der Waals surface area contributed by atoms with Gasteiger partial charge in [-0.05, 0) is 42.8 Å². The average Bonchev–Trinajstić information content (AvgIpc) is 3.18. The number of hydrogen-bond acceptors (Lipinski definition) is 6. The van der Waals surface area contributed by atoms with Gasteiger partial charge in [0.05, 0.1) is 12.5 Å². The molecule has 0 bridgehead atoms. The first-order chi connectivity index (χ1) is 13.7. The van der Waals surface area contributed by atoms with Crippen molar-refractivity contribution < 1.29 is 14.1 Å². The Hall–Kier alpha value is -3.22. The second-order valence-electron chi connectivity index (χ2n) is 6.80. The van der Waals surface area contributed by atoms with E-state index < -0.39 is 0 Å². The van der Waals surface area contributed by atoms with Gasteiger partial charge in [0.25, 0.3) is 5.91 Å². The van der Waals surface area contributed by atoms with E-state index in [9.17, 15) is 4.79 Å². The summed E-state index contributed by atoms with van der Waals surface area (Å²) < 4.78 is 11.0. The number of nitrogens with zero attached hydrogens (tertiary/aromatic N) is 4. The van der Waals surface area contributed by atoms with Crippen LogP contribution in [0, 0.1) is 0 Å². The van der Waals surface area contributed by atoms with Crippen LogP contribution in [0.5, 0.6) is 5.75 Å². The average molecular weight is 378 g/mol. The molecule has 0 saturated carbocycles. The SMILES string of the molecule is CCCCOc1ccc(C(=O)N2CC(c3nc(-c4ccccn4)no3)C2)cc1. The van der Waals surface area contributed by atoms with E-state index in [0.29, 0.717) is 42.7 Å². The molecule has 7 nitrogen and oxygen atoms in total. The second-order valence-corrected chi connectivity index (χ2v) is 6.80. The van der Waals surface area contributed by atoms with Crippen LogP contribution in [0.25, 0.3) is 11.5 Å². The number of amides is 1. The summed E-state index contributed by atoms with van der Waals surface area (Å²) in [7, 11) is 0. The lowest BCUT2D eigenvalue weighted by Gasteiger charge is -2.37. The number of hydrogen-bond donors (Lipinski definition) is 0. The lowest BCUT2D eigenvalue weighted by Crippen LogP contribution is -2.48. The fraction of sp³-hybridized carbons (Fsp3) is 0.333. The van der Waals surface area contributed by atoms with Crippen molar-refractivity contribution in [3.8, 4) is 17.3 Å². The third-order valence-corrected chi connectivity index (χ3v) is 4.72. The highest BCUT2D eigenvalue weighted by atomic mass is 16.5. The summed E-state index contributed by atoms with van der Waals surface area (Å²) in [6.07, 6.45) is 3.80. The van der Waals surface area contributed by atoms with Gasteiger partial charge in [0.1, 0.15) is 11.4 Å². The minimum atomic E-state index is 0.000762. The first kappa shape index (κ1) is 18.2. The molecule has 1 aliphatic heterocycles. The first-order valence-electron chi connectivity index (χ1n) is 9.51. The zero-order valence-corrected chi connectivity index (χ0v) is 15.7. The van der Waals surface area contributed by atoms with Crippen molar-refractivity contribution in [1.29, 1.82) is 0 Å². The van der Waals surface area contributed by atoms with Crippen molar-refractivity contribution in [2.75, 3.05) is 19.7 Å². The Labute approximate surface area is 163 Å². The van der Waals surface area contributed by atoms with Gasteiger partial charge in [-0.3, -0.25) is 9.78 Å². The van der Waals surface area contributed by atoms with Crippen LogP contribution in [0.3, 0.4) is 0 Å². The van der Waals surface area contributed by atoms with Crippen molar-refractivity contribution >= 4 is 5.91 Å². The van der Waals surface area contributed by atoms with Crippen LogP contribution >= 0.6 is 0 Å². The normalized spacial score (nSPS) is 14.0. The van der Waals surface area contributed by atoms with Crippen LogP contribution in [0.15, 0.2) is 53.2 Å². The van der Waals surface area contributed by atoms with Gasteiger partial charge >= 0.3 is 0 Å². The molecule has 0 atom stereocenters. The minimum absolute atomic E-state index is 0.000762. The van der Waals surface area contributed by atoms with Gasteiger partial charge in [-0.25, -0.2) is 0 Å². The Morgan fingerprint density at radius 3 is 2.75 bits per heavy atom. The maximum absolute atomic E-state index is 12.6. The Bertz CT molecular complexity index is 918. The van der Waals surface area contributed by atoms with E-state index >= 15 is 0 Å². The molecular formula is C21H22N4O3. The van der Waals surface area contributed by atoms with E-state index in [1.807, 2.05) is 42.5 Å². The lowest BCUT2D eigenvalue weighted by molar-refractivity contribution is 0.0569. The summed E-state index contributed by atoms with van der Waals surface area (Å²) in [6.45, 7) is 3.95. The molecule has 0 aliphatic carbocycles. The minimum Gasteiger partial charge on any atom is -0.494 e. The van der Waals surface area contributed by atoms with Crippen LogP contribution in [0.2, 0.25) is 0 Å². The maximum atomic E-state index is 12.6. The number of carbonyl (C=O) groups excluding carboxylic acids is 1. The highest BCUT2D eigenvalue weighted by Crippen LogP contribution is 2.28. The predicted octanol–water partition coefficient (Wildman–Crippen LogP) is 3.55. The molecule has 3 aromatic rings. The number of aromatic nitrogens is 3. The molecule has 1 aromatic carbocycles. The monoisotopic (exact) mass is 378 g/mol. The highest BCUT2D eigenvalue weighted by Gasteiger charge is 2.36. The molecule has 2 aromatic heterocycles. The molecule has 28 heavy (non-hydrogen) atoms. The molecule has 0 spiro atoms. The number of likely N-dealkylation sites (tertiary alicyclic amines) is 1. The van der Waals surface area contributed by atoms with Crippen molar-refractivity contribution in [3.63, 3.8) is 0 Å². The molecular weight excluding hydrogens is 356 g/mol. The molecule has 144 valence electrons. The van der Waals surface area contributed by atoms with Gasteiger partial charge < -0.3 is 14.2 Å². The van der Waals surface area contributed by atoms with Crippen molar-refractivity contribution in [2.45, 2.75) is 25.7 Å². The van der Waals surface area contributed by atoms with E-state index in [0.717, 1.165) is 18.6 Å². The summed E-state index contributed by atoms with van der Waals surface area (Å²) in [5, 5.41) is 3.99. The van der Waals surface area contributed by atoms with E-state index in [4.69, 9.17) is 9.26 Å². The summed E-state index contributed by atoms with van der Waals surface area (Å²) in [5.41, 5.74) is 1.33. The maximum Gasteiger partial charge on any atom is 0.253 e.